The van der Waals surface area contributed by atoms with E-state index in [0.717, 1.165) is 22.4 Å². The molecule has 0 fully saturated rings. The van der Waals surface area contributed by atoms with Gasteiger partial charge in [0.1, 0.15) is 23.1 Å². The highest BCUT2D eigenvalue weighted by Gasteiger charge is 2.06. The maximum atomic E-state index is 12.9. The molecule has 29 heavy (non-hydrogen) atoms. The van der Waals surface area contributed by atoms with Gasteiger partial charge in [-0.1, -0.05) is 24.3 Å². The number of nitrogens with one attached hydrogen (secondary N) is 2. The summed E-state index contributed by atoms with van der Waals surface area (Å²) in [6.07, 6.45) is 0.927. The molecule has 6 heteroatoms. The number of imidazole rings is 1. The molecule has 0 bridgehead atoms. The molecule has 0 radical (unpaired) electrons. The fourth-order valence-electron chi connectivity index (χ4n) is 2.96. The van der Waals surface area contributed by atoms with Crippen LogP contribution >= 0.6 is 0 Å². The largest absolute Gasteiger partial charge is 0.457 e. The SMILES string of the molecule is O=C(CCc1nc2ccccc2[nH]1)NCc1ccc(Oc2ccc(F)cc2)cc1. The van der Waals surface area contributed by atoms with Crippen molar-refractivity contribution < 1.29 is 13.9 Å². The number of hydrogen-bond donors (Lipinski definition) is 2. The number of nitrogens with zero attached hydrogens (tertiary/aromatic N) is 1. The number of halogens is 1. The maximum absolute atomic E-state index is 12.9. The van der Waals surface area contributed by atoms with E-state index >= 15 is 0 Å². The second kappa shape index (κ2) is 8.56. The van der Waals surface area contributed by atoms with Crippen molar-refractivity contribution in [2.75, 3.05) is 0 Å². The molecule has 3 aromatic carbocycles. The molecule has 0 saturated carbocycles. The molecule has 0 saturated heterocycles. The van der Waals surface area contributed by atoms with E-state index < -0.39 is 0 Å². The molecule has 0 aliphatic rings. The van der Waals surface area contributed by atoms with E-state index in [2.05, 4.69) is 15.3 Å². The van der Waals surface area contributed by atoms with Crippen molar-refractivity contribution in [2.24, 2.45) is 0 Å². The first-order valence-electron chi connectivity index (χ1n) is 9.38. The van der Waals surface area contributed by atoms with Crippen LogP contribution in [0.15, 0.2) is 72.8 Å². The average Bonchev–Trinajstić information content (AvgIpc) is 3.16. The summed E-state index contributed by atoms with van der Waals surface area (Å²) in [4.78, 5) is 19.8. The first kappa shape index (κ1) is 18.7. The number of hydrogen-bond acceptors (Lipinski definition) is 3. The van der Waals surface area contributed by atoms with Crippen LogP contribution in [0.5, 0.6) is 11.5 Å². The van der Waals surface area contributed by atoms with Gasteiger partial charge in [0, 0.05) is 19.4 Å². The van der Waals surface area contributed by atoms with Gasteiger partial charge in [0.05, 0.1) is 11.0 Å². The minimum absolute atomic E-state index is 0.0305. The minimum Gasteiger partial charge on any atom is -0.457 e. The third-order valence-corrected chi connectivity index (χ3v) is 4.49. The van der Waals surface area contributed by atoms with Gasteiger partial charge < -0.3 is 15.0 Å². The van der Waals surface area contributed by atoms with Gasteiger partial charge in [-0.15, -0.1) is 0 Å². The van der Waals surface area contributed by atoms with Gasteiger partial charge in [-0.05, 0) is 54.1 Å². The molecule has 0 aliphatic carbocycles. The first-order chi connectivity index (χ1) is 14.2. The Labute approximate surface area is 167 Å². The topological polar surface area (TPSA) is 67.0 Å². The molecule has 0 aliphatic heterocycles. The molecule has 1 aromatic heterocycles. The van der Waals surface area contributed by atoms with Crippen molar-refractivity contribution in [1.82, 2.24) is 15.3 Å². The van der Waals surface area contributed by atoms with Gasteiger partial charge in [0.2, 0.25) is 5.91 Å². The number of aryl methyl sites for hydroxylation is 1. The van der Waals surface area contributed by atoms with E-state index in [0.29, 0.717) is 30.9 Å². The third kappa shape index (κ3) is 4.99. The van der Waals surface area contributed by atoms with Gasteiger partial charge in [-0.2, -0.15) is 0 Å². The predicted octanol–water partition coefficient (Wildman–Crippen LogP) is 4.74. The van der Waals surface area contributed by atoms with Gasteiger partial charge in [-0.25, -0.2) is 9.37 Å². The summed E-state index contributed by atoms with van der Waals surface area (Å²) in [7, 11) is 0. The summed E-state index contributed by atoms with van der Waals surface area (Å²) in [5.41, 5.74) is 2.85. The number of benzene rings is 3. The summed E-state index contributed by atoms with van der Waals surface area (Å²) in [6.45, 7) is 0.440. The first-order valence-corrected chi connectivity index (χ1v) is 9.38. The van der Waals surface area contributed by atoms with Crippen LogP contribution in [-0.4, -0.2) is 15.9 Å². The Bertz CT molecular complexity index is 1070. The summed E-state index contributed by atoms with van der Waals surface area (Å²) in [6, 6.07) is 21.1. The number of fused-ring (bicyclic) bond motifs is 1. The zero-order valence-corrected chi connectivity index (χ0v) is 15.7. The van der Waals surface area contributed by atoms with Crippen molar-refractivity contribution >= 4 is 16.9 Å². The molecule has 1 heterocycles. The van der Waals surface area contributed by atoms with E-state index in [1.54, 1.807) is 12.1 Å². The molecular formula is C23H20FN3O2. The van der Waals surface area contributed by atoms with E-state index in [4.69, 9.17) is 4.74 Å². The van der Waals surface area contributed by atoms with Gasteiger partial charge in [-0.3, -0.25) is 4.79 Å². The van der Waals surface area contributed by atoms with Gasteiger partial charge in [0.15, 0.2) is 0 Å². The highest BCUT2D eigenvalue weighted by Crippen LogP contribution is 2.21. The number of rotatable bonds is 7. The summed E-state index contributed by atoms with van der Waals surface area (Å²) >= 11 is 0. The molecule has 1 amide bonds. The quantitative estimate of drug-likeness (QED) is 0.480. The van der Waals surface area contributed by atoms with Crippen LogP contribution < -0.4 is 10.1 Å². The van der Waals surface area contributed by atoms with Gasteiger partial charge >= 0.3 is 0 Å². The van der Waals surface area contributed by atoms with E-state index in [9.17, 15) is 9.18 Å². The molecule has 0 unspecified atom stereocenters. The van der Waals surface area contributed by atoms with E-state index in [1.807, 2.05) is 48.5 Å². The number of aromatic amines is 1. The van der Waals surface area contributed by atoms with Crippen molar-refractivity contribution in [2.45, 2.75) is 19.4 Å². The monoisotopic (exact) mass is 389 g/mol. The minimum atomic E-state index is -0.302. The van der Waals surface area contributed by atoms with Crippen LogP contribution in [0, 0.1) is 5.82 Å². The summed E-state index contributed by atoms with van der Waals surface area (Å²) in [5, 5.41) is 2.92. The number of ether oxygens (including phenoxy) is 1. The third-order valence-electron chi connectivity index (χ3n) is 4.49. The highest BCUT2D eigenvalue weighted by atomic mass is 19.1. The van der Waals surface area contributed by atoms with Crippen molar-refractivity contribution in [3.8, 4) is 11.5 Å². The molecule has 4 rings (SSSR count). The molecule has 0 atom stereocenters. The van der Waals surface area contributed by atoms with E-state index in [-0.39, 0.29) is 11.7 Å². The Morgan fingerprint density at radius 3 is 2.38 bits per heavy atom. The zero-order chi connectivity index (χ0) is 20.1. The lowest BCUT2D eigenvalue weighted by molar-refractivity contribution is -0.121. The van der Waals surface area contributed by atoms with Crippen molar-refractivity contribution in [1.29, 1.82) is 0 Å². The summed E-state index contributed by atoms with van der Waals surface area (Å²) < 4.78 is 18.6. The number of para-hydroxylation sites is 2. The Morgan fingerprint density at radius 1 is 0.966 bits per heavy atom. The average molecular weight is 389 g/mol. The predicted molar refractivity (Wildman–Crippen MR) is 109 cm³/mol. The Morgan fingerprint density at radius 2 is 1.66 bits per heavy atom. The van der Waals surface area contributed by atoms with Gasteiger partial charge in [0.25, 0.3) is 0 Å². The highest BCUT2D eigenvalue weighted by molar-refractivity contribution is 5.77. The Kier molecular flexibility index (Phi) is 5.52. The normalized spacial score (nSPS) is 10.8. The lowest BCUT2D eigenvalue weighted by atomic mass is 10.2. The zero-order valence-electron chi connectivity index (χ0n) is 15.7. The number of amides is 1. The molecular weight excluding hydrogens is 369 g/mol. The standard InChI is InChI=1S/C23H20FN3O2/c24-17-7-11-19(12-8-17)29-18-9-5-16(6-10-18)15-25-23(28)14-13-22-26-20-3-1-2-4-21(20)27-22/h1-12H,13-15H2,(H,25,28)(H,26,27). The van der Waals surface area contributed by atoms with Crippen LogP contribution in [0.2, 0.25) is 0 Å². The van der Waals surface area contributed by atoms with Crippen LogP contribution in [0.3, 0.4) is 0 Å². The number of carbonyl (C=O) groups excluding carboxylic acids is 1. The Hall–Kier alpha value is -3.67. The van der Waals surface area contributed by atoms with Crippen LogP contribution in [-0.2, 0) is 17.8 Å². The number of carbonyl (C=O) groups is 1. The second-order valence-corrected chi connectivity index (χ2v) is 6.68. The van der Waals surface area contributed by atoms with Crippen LogP contribution in [0.1, 0.15) is 17.8 Å². The van der Waals surface area contributed by atoms with Crippen molar-refractivity contribution in [3.63, 3.8) is 0 Å². The second-order valence-electron chi connectivity index (χ2n) is 6.68. The van der Waals surface area contributed by atoms with Crippen LogP contribution in [0.25, 0.3) is 11.0 Å². The number of H-pyrrole nitrogens is 1. The van der Waals surface area contributed by atoms with Crippen LogP contribution in [0.4, 0.5) is 4.39 Å². The summed E-state index contributed by atoms with van der Waals surface area (Å²) in [5.74, 6) is 1.69. The van der Waals surface area contributed by atoms with Crippen molar-refractivity contribution in [3.05, 3.63) is 90.0 Å². The maximum Gasteiger partial charge on any atom is 0.220 e. The molecule has 0 spiro atoms. The fourth-order valence-corrected chi connectivity index (χ4v) is 2.96. The molecule has 2 N–H and O–H groups in total. The lowest BCUT2D eigenvalue weighted by Crippen LogP contribution is -2.23. The smallest absolute Gasteiger partial charge is 0.220 e. The van der Waals surface area contributed by atoms with E-state index in [1.165, 1.54) is 12.1 Å². The fraction of sp³-hybridized carbons (Fsp3) is 0.130. The number of aromatic nitrogens is 2. The molecule has 146 valence electrons. The lowest BCUT2D eigenvalue weighted by Gasteiger charge is -2.08. The Balaban J connectivity index is 1.25. The molecule has 4 aromatic rings. The molecule has 5 nitrogen and oxygen atoms in total.